The molecule has 1 aromatic rings. The zero-order valence-electron chi connectivity index (χ0n) is 12.4. The van der Waals surface area contributed by atoms with E-state index in [0.29, 0.717) is 18.8 Å². The second-order valence-electron chi connectivity index (χ2n) is 5.82. The Kier molecular flexibility index (Phi) is 3.54. The summed E-state index contributed by atoms with van der Waals surface area (Å²) in [4.78, 5) is 41.3. The SMILES string of the molecule is CN1CCN(c2ccc(C3(N=C=O)CCC3)cc2)C(=O)C1=O. The van der Waals surface area contributed by atoms with Gasteiger partial charge in [-0.25, -0.2) is 4.79 Å². The number of carbonyl (C=O) groups is 2. The monoisotopic (exact) mass is 299 g/mol. The number of anilines is 1. The second-order valence-corrected chi connectivity index (χ2v) is 5.82. The molecule has 1 aliphatic carbocycles. The number of hydrogen-bond donors (Lipinski definition) is 0. The van der Waals surface area contributed by atoms with Crippen LogP contribution in [0.4, 0.5) is 5.69 Å². The van der Waals surface area contributed by atoms with Gasteiger partial charge in [0.05, 0.1) is 5.54 Å². The number of piperazine rings is 1. The van der Waals surface area contributed by atoms with Gasteiger partial charge in [-0.15, -0.1) is 0 Å². The maximum Gasteiger partial charge on any atom is 0.316 e. The highest BCUT2D eigenvalue weighted by atomic mass is 16.2. The summed E-state index contributed by atoms with van der Waals surface area (Å²) in [5, 5.41) is 0. The molecule has 3 rings (SSSR count). The van der Waals surface area contributed by atoms with Crippen LogP contribution in [0, 0.1) is 0 Å². The molecule has 1 heterocycles. The zero-order valence-corrected chi connectivity index (χ0v) is 12.4. The Bertz CT molecular complexity index is 658. The topological polar surface area (TPSA) is 70.0 Å². The quantitative estimate of drug-likeness (QED) is 0.478. The van der Waals surface area contributed by atoms with Crippen molar-refractivity contribution in [2.24, 2.45) is 4.99 Å². The van der Waals surface area contributed by atoms with Crippen molar-refractivity contribution in [1.82, 2.24) is 4.90 Å². The van der Waals surface area contributed by atoms with Gasteiger partial charge >= 0.3 is 11.8 Å². The second kappa shape index (κ2) is 5.39. The molecule has 22 heavy (non-hydrogen) atoms. The van der Waals surface area contributed by atoms with Gasteiger partial charge in [0.15, 0.2) is 0 Å². The lowest BCUT2D eigenvalue weighted by atomic mass is 9.72. The van der Waals surface area contributed by atoms with Crippen molar-refractivity contribution in [2.75, 3.05) is 25.0 Å². The summed E-state index contributed by atoms with van der Waals surface area (Å²) >= 11 is 0. The average molecular weight is 299 g/mol. The van der Waals surface area contributed by atoms with E-state index in [-0.39, 0.29) is 0 Å². The molecule has 0 aromatic heterocycles. The number of amides is 2. The molecule has 0 bridgehead atoms. The molecule has 2 amide bonds. The van der Waals surface area contributed by atoms with Gasteiger partial charge in [-0.2, -0.15) is 4.99 Å². The van der Waals surface area contributed by atoms with Crippen LogP contribution in [-0.4, -0.2) is 42.9 Å². The molecular weight excluding hydrogens is 282 g/mol. The van der Waals surface area contributed by atoms with E-state index < -0.39 is 17.4 Å². The van der Waals surface area contributed by atoms with Crippen molar-refractivity contribution < 1.29 is 14.4 Å². The molecule has 0 atom stereocenters. The van der Waals surface area contributed by atoms with Gasteiger partial charge in [0, 0.05) is 25.8 Å². The third kappa shape index (κ3) is 2.22. The van der Waals surface area contributed by atoms with E-state index in [9.17, 15) is 14.4 Å². The number of rotatable bonds is 3. The first-order valence-corrected chi connectivity index (χ1v) is 7.34. The van der Waals surface area contributed by atoms with Crippen LogP contribution in [0.25, 0.3) is 0 Å². The molecule has 114 valence electrons. The smallest absolute Gasteiger partial charge is 0.316 e. The first-order chi connectivity index (χ1) is 10.6. The van der Waals surface area contributed by atoms with Crippen LogP contribution >= 0.6 is 0 Å². The minimum Gasteiger partial charge on any atom is -0.336 e. The number of carbonyl (C=O) groups excluding carboxylic acids is 3. The summed E-state index contributed by atoms with van der Waals surface area (Å²) < 4.78 is 0. The van der Waals surface area contributed by atoms with Crippen molar-refractivity contribution in [1.29, 1.82) is 0 Å². The molecule has 1 aliphatic heterocycles. The average Bonchev–Trinajstić information content (AvgIpc) is 2.49. The Morgan fingerprint density at radius 1 is 1.09 bits per heavy atom. The summed E-state index contributed by atoms with van der Waals surface area (Å²) in [6, 6.07) is 7.38. The van der Waals surface area contributed by atoms with Crippen molar-refractivity contribution in [3.8, 4) is 0 Å². The third-order valence-electron chi connectivity index (χ3n) is 4.59. The fourth-order valence-electron chi connectivity index (χ4n) is 2.99. The van der Waals surface area contributed by atoms with Gasteiger partial charge in [0.2, 0.25) is 6.08 Å². The summed E-state index contributed by atoms with van der Waals surface area (Å²) in [6.07, 6.45) is 4.39. The van der Waals surface area contributed by atoms with E-state index >= 15 is 0 Å². The lowest BCUT2D eigenvalue weighted by Gasteiger charge is -2.37. The fourth-order valence-corrected chi connectivity index (χ4v) is 2.99. The number of hydrogen-bond acceptors (Lipinski definition) is 4. The van der Waals surface area contributed by atoms with Crippen molar-refractivity contribution in [2.45, 2.75) is 24.8 Å². The maximum atomic E-state index is 12.1. The minimum atomic E-state index is -0.509. The van der Waals surface area contributed by atoms with Crippen LogP contribution in [0.1, 0.15) is 24.8 Å². The van der Waals surface area contributed by atoms with Gasteiger partial charge in [0.1, 0.15) is 0 Å². The summed E-state index contributed by atoms with van der Waals surface area (Å²) in [5.41, 5.74) is 1.21. The Labute approximate surface area is 128 Å². The number of nitrogens with zero attached hydrogens (tertiary/aromatic N) is 3. The van der Waals surface area contributed by atoms with E-state index in [0.717, 1.165) is 24.8 Å². The molecular formula is C16H17N3O3. The fraction of sp³-hybridized carbons (Fsp3) is 0.438. The Morgan fingerprint density at radius 3 is 2.32 bits per heavy atom. The van der Waals surface area contributed by atoms with Crippen molar-refractivity contribution >= 4 is 23.6 Å². The molecule has 1 aromatic carbocycles. The summed E-state index contributed by atoms with van der Waals surface area (Å²) in [7, 11) is 1.62. The first-order valence-electron chi connectivity index (χ1n) is 7.34. The lowest BCUT2D eigenvalue weighted by molar-refractivity contribution is -0.145. The maximum absolute atomic E-state index is 12.1. The van der Waals surface area contributed by atoms with Crippen LogP contribution in [0.5, 0.6) is 0 Å². The Balaban J connectivity index is 1.84. The van der Waals surface area contributed by atoms with Gasteiger partial charge in [-0.05, 0) is 37.0 Å². The number of likely N-dealkylation sites (N-methyl/N-ethyl adjacent to an activating group) is 1. The Morgan fingerprint density at radius 2 is 1.77 bits per heavy atom. The summed E-state index contributed by atoms with van der Waals surface area (Å²) in [5.74, 6) is -0.998. The molecule has 0 radical (unpaired) electrons. The molecule has 0 unspecified atom stereocenters. The predicted molar refractivity (Wildman–Crippen MR) is 80.1 cm³/mol. The number of benzene rings is 1. The highest BCUT2D eigenvalue weighted by molar-refractivity contribution is 6.40. The normalized spacial score (nSPS) is 20.4. The molecule has 0 N–H and O–H groups in total. The highest BCUT2D eigenvalue weighted by Gasteiger charge is 2.39. The lowest BCUT2D eigenvalue weighted by Crippen LogP contribution is -2.53. The zero-order chi connectivity index (χ0) is 15.7. The molecule has 1 saturated heterocycles. The van der Waals surface area contributed by atoms with Crippen molar-refractivity contribution in [3.05, 3.63) is 29.8 Å². The number of aliphatic imine (C=N–C) groups is 1. The van der Waals surface area contributed by atoms with Crippen LogP contribution in [0.15, 0.2) is 29.3 Å². The highest BCUT2D eigenvalue weighted by Crippen LogP contribution is 2.45. The molecule has 6 nitrogen and oxygen atoms in total. The van der Waals surface area contributed by atoms with E-state index in [1.54, 1.807) is 13.1 Å². The molecule has 2 fully saturated rings. The number of isocyanates is 1. The molecule has 0 spiro atoms. The van der Waals surface area contributed by atoms with Gasteiger partial charge in [-0.1, -0.05) is 12.1 Å². The van der Waals surface area contributed by atoms with Crippen LogP contribution < -0.4 is 4.90 Å². The minimum absolute atomic E-state index is 0.442. The largest absolute Gasteiger partial charge is 0.336 e. The standard InChI is InChI=1S/C16H17N3O3/c1-18-9-10-19(15(22)14(18)21)13-5-3-12(4-6-13)16(17-11-20)7-2-8-16/h3-6H,2,7-10H2,1H3. The third-order valence-corrected chi connectivity index (χ3v) is 4.59. The predicted octanol–water partition coefficient (Wildman–Crippen LogP) is 1.21. The van der Waals surface area contributed by atoms with E-state index in [4.69, 9.17) is 0 Å². The van der Waals surface area contributed by atoms with Gasteiger partial charge < -0.3 is 9.80 Å². The van der Waals surface area contributed by atoms with E-state index in [2.05, 4.69) is 4.99 Å². The van der Waals surface area contributed by atoms with Crippen molar-refractivity contribution in [3.63, 3.8) is 0 Å². The van der Waals surface area contributed by atoms with Crippen LogP contribution in [-0.2, 0) is 19.9 Å². The van der Waals surface area contributed by atoms with E-state index in [1.807, 2.05) is 24.3 Å². The summed E-state index contributed by atoms with van der Waals surface area (Å²) in [6.45, 7) is 1.00. The van der Waals surface area contributed by atoms with Crippen LogP contribution in [0.2, 0.25) is 0 Å². The first kappa shape index (κ1) is 14.5. The van der Waals surface area contributed by atoms with E-state index in [1.165, 1.54) is 9.80 Å². The molecule has 1 saturated carbocycles. The molecule has 6 heteroatoms. The van der Waals surface area contributed by atoms with Gasteiger partial charge in [-0.3, -0.25) is 9.59 Å². The Hall–Kier alpha value is -2.46. The van der Waals surface area contributed by atoms with Crippen LogP contribution in [0.3, 0.4) is 0 Å². The molecule has 2 aliphatic rings. The van der Waals surface area contributed by atoms with Gasteiger partial charge in [0.25, 0.3) is 0 Å².